The number of carbonyl (C=O) groups excluding carboxylic acids is 1. The van der Waals surface area contributed by atoms with Crippen molar-refractivity contribution in [3.05, 3.63) is 34.4 Å². The second kappa shape index (κ2) is 5.52. The van der Waals surface area contributed by atoms with E-state index in [9.17, 15) is 9.59 Å². The number of nitrogens with one attached hydrogen (secondary N) is 2. The van der Waals surface area contributed by atoms with Crippen LogP contribution in [-0.2, 0) is 4.79 Å². The van der Waals surface area contributed by atoms with E-state index in [0.717, 1.165) is 15.4 Å². The average molecular weight is 351 g/mol. The number of carboxylic acids is 1. The zero-order valence-electron chi connectivity index (χ0n) is 11.2. The van der Waals surface area contributed by atoms with E-state index in [0.29, 0.717) is 25.0 Å². The van der Waals surface area contributed by atoms with Crippen LogP contribution >= 0.6 is 15.9 Å². The molecule has 1 aliphatic carbocycles. The van der Waals surface area contributed by atoms with Gasteiger partial charge in [-0.05, 0) is 43.5 Å². The maximum atomic E-state index is 12.2. The molecule has 0 aliphatic heterocycles. The second-order valence-corrected chi connectivity index (χ2v) is 6.35. The summed E-state index contributed by atoms with van der Waals surface area (Å²) in [6.07, 6.45) is 1.85. The van der Waals surface area contributed by atoms with Gasteiger partial charge in [-0.1, -0.05) is 15.9 Å². The van der Waals surface area contributed by atoms with Gasteiger partial charge in [0, 0.05) is 21.4 Å². The van der Waals surface area contributed by atoms with Crippen LogP contribution in [0.2, 0.25) is 0 Å². The molecule has 1 amide bonds. The summed E-state index contributed by atoms with van der Waals surface area (Å²) in [6.45, 7) is 0. The molecule has 1 aromatic carbocycles. The van der Waals surface area contributed by atoms with E-state index >= 15 is 0 Å². The third kappa shape index (κ3) is 2.95. The van der Waals surface area contributed by atoms with Crippen LogP contribution in [0.1, 0.15) is 29.8 Å². The lowest BCUT2D eigenvalue weighted by Gasteiger charge is -2.11. The van der Waals surface area contributed by atoms with E-state index in [2.05, 4.69) is 26.2 Å². The Morgan fingerprint density at radius 1 is 1.29 bits per heavy atom. The van der Waals surface area contributed by atoms with E-state index in [4.69, 9.17) is 5.11 Å². The van der Waals surface area contributed by atoms with Gasteiger partial charge in [0.1, 0.15) is 5.69 Å². The molecule has 0 radical (unpaired) electrons. The van der Waals surface area contributed by atoms with Crippen LogP contribution in [0.4, 0.5) is 0 Å². The number of aromatic nitrogens is 1. The van der Waals surface area contributed by atoms with Crippen LogP contribution in [0.25, 0.3) is 10.9 Å². The van der Waals surface area contributed by atoms with Gasteiger partial charge in [0.2, 0.25) is 0 Å². The zero-order valence-corrected chi connectivity index (χ0v) is 12.8. The highest BCUT2D eigenvalue weighted by Gasteiger charge is 2.30. The third-order valence-electron chi connectivity index (χ3n) is 3.94. The quantitative estimate of drug-likeness (QED) is 0.795. The van der Waals surface area contributed by atoms with Crippen molar-refractivity contribution in [3.63, 3.8) is 0 Å². The average Bonchev–Trinajstić information content (AvgIpc) is 3.04. The molecule has 110 valence electrons. The number of halogens is 1. The summed E-state index contributed by atoms with van der Waals surface area (Å²) in [4.78, 5) is 26.2. The lowest BCUT2D eigenvalue weighted by Crippen LogP contribution is -2.33. The molecule has 3 rings (SSSR count). The van der Waals surface area contributed by atoms with Gasteiger partial charge in [-0.15, -0.1) is 0 Å². The molecule has 1 aromatic heterocycles. The van der Waals surface area contributed by atoms with Gasteiger partial charge in [0.15, 0.2) is 0 Å². The number of aliphatic carboxylic acids is 1. The first kappa shape index (κ1) is 14.1. The summed E-state index contributed by atoms with van der Waals surface area (Å²) in [7, 11) is 0. The van der Waals surface area contributed by atoms with Crippen LogP contribution in [0.3, 0.4) is 0 Å². The number of fused-ring (bicyclic) bond motifs is 1. The number of hydrogen-bond acceptors (Lipinski definition) is 2. The Morgan fingerprint density at radius 3 is 2.81 bits per heavy atom. The minimum Gasteiger partial charge on any atom is -0.481 e. The number of aromatic amines is 1. The molecule has 3 N–H and O–H groups in total. The van der Waals surface area contributed by atoms with Crippen LogP contribution in [0.5, 0.6) is 0 Å². The lowest BCUT2D eigenvalue weighted by atomic mass is 10.1. The molecule has 0 unspecified atom stereocenters. The first-order valence-corrected chi connectivity index (χ1v) is 7.64. The van der Waals surface area contributed by atoms with Gasteiger partial charge in [0.05, 0.1) is 5.92 Å². The number of carboxylic acid groups (broad SMARTS) is 1. The van der Waals surface area contributed by atoms with Gasteiger partial charge < -0.3 is 15.4 Å². The van der Waals surface area contributed by atoms with Gasteiger partial charge in [0.25, 0.3) is 5.91 Å². The van der Waals surface area contributed by atoms with E-state index < -0.39 is 5.97 Å². The van der Waals surface area contributed by atoms with Crippen molar-refractivity contribution < 1.29 is 14.7 Å². The van der Waals surface area contributed by atoms with Crippen molar-refractivity contribution in [1.29, 1.82) is 0 Å². The minimum absolute atomic E-state index is 0.0586. The molecule has 1 aliphatic rings. The van der Waals surface area contributed by atoms with E-state index in [-0.39, 0.29) is 17.9 Å². The minimum atomic E-state index is -0.776. The SMILES string of the molecule is O=C(N[C@H]1CC[C@@H](C(=O)O)C1)c1cc2cc(Br)ccc2[nH]1. The van der Waals surface area contributed by atoms with Gasteiger partial charge in [-0.3, -0.25) is 9.59 Å². The standard InChI is InChI=1S/C15H15BrN2O3/c16-10-2-4-12-9(5-10)7-13(18-12)14(19)17-11-3-1-8(6-11)15(20)21/h2,4-5,7-8,11,18H,1,3,6H2,(H,17,19)(H,20,21)/t8-,11+/m1/s1. The van der Waals surface area contributed by atoms with Crippen molar-refractivity contribution >= 4 is 38.7 Å². The largest absolute Gasteiger partial charge is 0.481 e. The molecule has 0 saturated heterocycles. The second-order valence-electron chi connectivity index (χ2n) is 5.43. The van der Waals surface area contributed by atoms with E-state index in [1.807, 2.05) is 18.2 Å². The normalized spacial score (nSPS) is 21.6. The fourth-order valence-corrected chi connectivity index (χ4v) is 3.20. The van der Waals surface area contributed by atoms with Crippen molar-refractivity contribution in [2.24, 2.45) is 5.92 Å². The van der Waals surface area contributed by atoms with Crippen LogP contribution in [0.15, 0.2) is 28.7 Å². The fraction of sp³-hybridized carbons (Fsp3) is 0.333. The summed E-state index contributed by atoms with van der Waals surface area (Å²) in [5, 5.41) is 12.9. The number of benzene rings is 1. The van der Waals surface area contributed by atoms with Crippen molar-refractivity contribution in [2.75, 3.05) is 0 Å². The number of carbonyl (C=O) groups is 2. The number of amides is 1. The smallest absolute Gasteiger partial charge is 0.306 e. The highest BCUT2D eigenvalue weighted by Crippen LogP contribution is 2.26. The van der Waals surface area contributed by atoms with Crippen LogP contribution < -0.4 is 5.32 Å². The number of H-pyrrole nitrogens is 1. The highest BCUT2D eigenvalue weighted by atomic mass is 79.9. The Kier molecular flexibility index (Phi) is 3.71. The summed E-state index contributed by atoms with van der Waals surface area (Å²) in [6, 6.07) is 7.51. The summed E-state index contributed by atoms with van der Waals surface area (Å²) < 4.78 is 0.959. The molecule has 2 aromatic rings. The molecule has 1 fully saturated rings. The summed E-state index contributed by atoms with van der Waals surface area (Å²) in [5.74, 6) is -1.30. The first-order valence-electron chi connectivity index (χ1n) is 6.85. The monoisotopic (exact) mass is 350 g/mol. The highest BCUT2D eigenvalue weighted by molar-refractivity contribution is 9.10. The topological polar surface area (TPSA) is 82.2 Å². The van der Waals surface area contributed by atoms with Gasteiger partial charge >= 0.3 is 5.97 Å². The maximum absolute atomic E-state index is 12.2. The molecule has 0 spiro atoms. The lowest BCUT2D eigenvalue weighted by molar-refractivity contribution is -0.141. The number of hydrogen-bond donors (Lipinski definition) is 3. The molecular formula is C15H15BrN2O3. The van der Waals surface area contributed by atoms with Crippen molar-refractivity contribution in [3.8, 4) is 0 Å². The first-order chi connectivity index (χ1) is 10.0. The predicted octanol–water partition coefficient (Wildman–Crippen LogP) is 2.91. The van der Waals surface area contributed by atoms with Gasteiger partial charge in [-0.2, -0.15) is 0 Å². The molecule has 1 saturated carbocycles. The summed E-state index contributed by atoms with van der Waals surface area (Å²) >= 11 is 3.40. The molecule has 6 heteroatoms. The Labute approximate surface area is 129 Å². The van der Waals surface area contributed by atoms with Gasteiger partial charge in [-0.25, -0.2) is 0 Å². The third-order valence-corrected chi connectivity index (χ3v) is 4.44. The Balaban J connectivity index is 1.71. The molecule has 5 nitrogen and oxygen atoms in total. The molecule has 1 heterocycles. The molecule has 2 atom stereocenters. The predicted molar refractivity (Wildman–Crippen MR) is 82.2 cm³/mol. The van der Waals surface area contributed by atoms with Crippen LogP contribution in [0, 0.1) is 5.92 Å². The number of rotatable bonds is 3. The molecular weight excluding hydrogens is 336 g/mol. The molecule has 21 heavy (non-hydrogen) atoms. The zero-order chi connectivity index (χ0) is 15.0. The van der Waals surface area contributed by atoms with E-state index in [1.165, 1.54) is 0 Å². The Bertz CT molecular complexity index is 710. The Morgan fingerprint density at radius 2 is 2.10 bits per heavy atom. The fourth-order valence-electron chi connectivity index (χ4n) is 2.83. The van der Waals surface area contributed by atoms with E-state index in [1.54, 1.807) is 6.07 Å². The Hall–Kier alpha value is -1.82. The summed E-state index contributed by atoms with van der Waals surface area (Å²) in [5.41, 5.74) is 1.40. The van der Waals surface area contributed by atoms with Crippen molar-refractivity contribution in [1.82, 2.24) is 10.3 Å². The van der Waals surface area contributed by atoms with Crippen LogP contribution in [-0.4, -0.2) is 28.0 Å². The maximum Gasteiger partial charge on any atom is 0.306 e. The van der Waals surface area contributed by atoms with Crippen molar-refractivity contribution in [2.45, 2.75) is 25.3 Å². The molecule has 0 bridgehead atoms.